The van der Waals surface area contributed by atoms with Crippen molar-refractivity contribution in [3.05, 3.63) is 28.8 Å². The molecule has 0 aromatic heterocycles. The summed E-state index contributed by atoms with van der Waals surface area (Å²) in [5, 5.41) is 28.0. The molecule has 0 radical (unpaired) electrons. The summed E-state index contributed by atoms with van der Waals surface area (Å²) in [6, 6.07) is 0.854. The third kappa shape index (κ3) is 1.36. The number of hydrogen-bond donors (Lipinski definition) is 3. The Labute approximate surface area is 99.6 Å². The number of fused-ring (bicyclic) bond motifs is 3. The van der Waals surface area contributed by atoms with E-state index in [1.807, 2.05) is 0 Å². The molecule has 1 aromatic carbocycles. The molecule has 8 heteroatoms. The first-order valence-electron chi connectivity index (χ1n) is 5.36. The summed E-state index contributed by atoms with van der Waals surface area (Å²) in [6.07, 6.45) is 0.351. The predicted molar refractivity (Wildman–Crippen MR) is 55.2 cm³/mol. The predicted octanol–water partition coefficient (Wildman–Crippen LogP) is 0.836. The van der Waals surface area contributed by atoms with Gasteiger partial charge in [-0.2, -0.15) is 0 Å². The fraction of sp³-hybridized carbons (Fsp3) is 0.300. The SMILES string of the molecule is O=C(O)c1c(F)c(F)cc2c1O[B-](O)(O)C1CC21. The van der Waals surface area contributed by atoms with Crippen molar-refractivity contribution in [3.63, 3.8) is 0 Å². The Morgan fingerprint density at radius 2 is 2.11 bits per heavy atom. The number of carboxylic acids is 1. The van der Waals surface area contributed by atoms with E-state index in [4.69, 9.17) is 9.76 Å². The summed E-state index contributed by atoms with van der Waals surface area (Å²) in [6.45, 7) is -3.21. The zero-order valence-electron chi connectivity index (χ0n) is 8.93. The molecule has 3 N–H and O–H groups in total. The van der Waals surface area contributed by atoms with Gasteiger partial charge < -0.3 is 19.8 Å². The lowest BCUT2D eigenvalue weighted by Gasteiger charge is -2.37. The monoisotopic (exact) mass is 257 g/mol. The van der Waals surface area contributed by atoms with Gasteiger partial charge in [-0.25, -0.2) is 13.6 Å². The molecule has 0 saturated heterocycles. The van der Waals surface area contributed by atoms with Crippen LogP contribution in [-0.2, 0) is 0 Å². The molecule has 1 aliphatic carbocycles. The summed E-state index contributed by atoms with van der Waals surface area (Å²) in [5.41, 5.74) is -0.818. The average Bonchev–Trinajstić information content (AvgIpc) is 3.01. The molecule has 2 unspecified atom stereocenters. The van der Waals surface area contributed by atoms with Gasteiger partial charge in [0.1, 0.15) is 5.56 Å². The molecule has 1 heterocycles. The van der Waals surface area contributed by atoms with Crippen molar-refractivity contribution < 1.29 is 33.4 Å². The molecule has 0 amide bonds. The standard InChI is InChI=1S/C10H8BF2O5/c12-6-2-4-3-1-5(3)11(16,17)18-9(4)7(8(6)13)10(14)15/h2-3,5,16-17H,1H2,(H,14,15)/q-1. The summed E-state index contributed by atoms with van der Waals surface area (Å²) >= 11 is 0. The lowest BCUT2D eigenvalue weighted by Crippen LogP contribution is -2.46. The highest BCUT2D eigenvalue weighted by Crippen LogP contribution is 2.63. The highest BCUT2D eigenvalue weighted by molar-refractivity contribution is 6.62. The van der Waals surface area contributed by atoms with Gasteiger partial charge in [0.05, 0.1) is 5.75 Å². The molecule has 2 atom stereocenters. The van der Waals surface area contributed by atoms with Gasteiger partial charge in [-0.05, 0) is 17.5 Å². The van der Waals surface area contributed by atoms with E-state index >= 15 is 0 Å². The van der Waals surface area contributed by atoms with Gasteiger partial charge in [-0.15, -0.1) is 0 Å². The molecule has 1 aromatic rings. The minimum Gasteiger partial charge on any atom is -0.669 e. The maximum atomic E-state index is 13.4. The van der Waals surface area contributed by atoms with Crippen molar-refractivity contribution in [1.82, 2.24) is 0 Å². The van der Waals surface area contributed by atoms with Crippen LogP contribution >= 0.6 is 0 Å². The smallest absolute Gasteiger partial charge is 0.434 e. The highest BCUT2D eigenvalue weighted by Gasteiger charge is 2.55. The Bertz CT molecular complexity index is 574. The van der Waals surface area contributed by atoms with E-state index in [-0.39, 0.29) is 5.56 Å². The molecule has 1 aliphatic heterocycles. The number of aromatic carboxylic acids is 1. The molecule has 1 fully saturated rings. The van der Waals surface area contributed by atoms with Crippen LogP contribution in [0, 0.1) is 11.6 Å². The Morgan fingerprint density at radius 3 is 2.72 bits per heavy atom. The van der Waals surface area contributed by atoms with Crippen LogP contribution in [0.5, 0.6) is 5.75 Å². The van der Waals surface area contributed by atoms with E-state index in [0.29, 0.717) is 6.42 Å². The maximum Gasteiger partial charge on any atom is 0.434 e. The Hall–Kier alpha value is -1.67. The third-order valence-electron chi connectivity index (χ3n) is 3.50. The lowest BCUT2D eigenvalue weighted by atomic mass is 9.68. The van der Waals surface area contributed by atoms with Crippen LogP contribution in [0.25, 0.3) is 0 Å². The Morgan fingerprint density at radius 1 is 1.44 bits per heavy atom. The van der Waals surface area contributed by atoms with E-state index < -0.39 is 47.4 Å². The van der Waals surface area contributed by atoms with Gasteiger partial charge in [0.25, 0.3) is 0 Å². The third-order valence-corrected chi connectivity index (χ3v) is 3.50. The average molecular weight is 257 g/mol. The normalized spacial score (nSPS) is 26.9. The Balaban J connectivity index is 2.26. The second-order valence-electron chi connectivity index (χ2n) is 4.66. The molecule has 18 heavy (non-hydrogen) atoms. The van der Waals surface area contributed by atoms with Gasteiger partial charge >= 0.3 is 12.7 Å². The molecule has 3 rings (SSSR count). The van der Waals surface area contributed by atoms with Gasteiger partial charge in [-0.3, -0.25) is 0 Å². The zero-order chi connectivity index (χ0) is 13.2. The van der Waals surface area contributed by atoms with Crippen molar-refractivity contribution in [2.75, 3.05) is 0 Å². The van der Waals surface area contributed by atoms with Crippen LogP contribution in [-0.4, -0.2) is 27.9 Å². The van der Waals surface area contributed by atoms with Crippen molar-refractivity contribution in [2.45, 2.75) is 18.2 Å². The van der Waals surface area contributed by atoms with Crippen LogP contribution in [0.15, 0.2) is 6.07 Å². The molecular weight excluding hydrogens is 249 g/mol. The molecule has 5 nitrogen and oxygen atoms in total. The zero-order valence-corrected chi connectivity index (χ0v) is 8.93. The first kappa shape index (κ1) is 11.4. The maximum absolute atomic E-state index is 13.4. The van der Waals surface area contributed by atoms with Crippen LogP contribution in [0.1, 0.15) is 28.3 Å². The molecular formula is C10H8BF2O5-. The first-order chi connectivity index (χ1) is 8.33. The molecule has 1 saturated carbocycles. The van der Waals surface area contributed by atoms with E-state index in [0.717, 1.165) is 6.07 Å². The second kappa shape index (κ2) is 3.21. The number of benzene rings is 1. The summed E-state index contributed by atoms with van der Waals surface area (Å²) in [4.78, 5) is 10.9. The van der Waals surface area contributed by atoms with Crippen LogP contribution in [0.2, 0.25) is 5.82 Å². The number of rotatable bonds is 1. The fourth-order valence-electron chi connectivity index (χ4n) is 2.54. The van der Waals surface area contributed by atoms with Gasteiger partial charge in [0.2, 0.25) is 0 Å². The highest BCUT2D eigenvalue weighted by atomic mass is 19.2. The number of halogens is 2. The topological polar surface area (TPSA) is 87.0 Å². The van der Waals surface area contributed by atoms with Crippen LogP contribution < -0.4 is 4.65 Å². The quantitative estimate of drug-likeness (QED) is 0.649. The van der Waals surface area contributed by atoms with Crippen molar-refractivity contribution in [3.8, 4) is 5.75 Å². The fourth-order valence-corrected chi connectivity index (χ4v) is 2.54. The summed E-state index contributed by atoms with van der Waals surface area (Å²) in [5.74, 6) is -6.01. The minimum absolute atomic E-state index is 0.178. The largest absolute Gasteiger partial charge is 0.669 e. The van der Waals surface area contributed by atoms with Gasteiger partial charge in [-0.1, -0.05) is 12.2 Å². The molecule has 0 bridgehead atoms. The summed E-state index contributed by atoms with van der Waals surface area (Å²) in [7, 11) is 0. The van der Waals surface area contributed by atoms with E-state index in [1.54, 1.807) is 0 Å². The van der Waals surface area contributed by atoms with Crippen molar-refractivity contribution >= 4 is 12.7 Å². The van der Waals surface area contributed by atoms with E-state index in [9.17, 15) is 23.6 Å². The van der Waals surface area contributed by atoms with Crippen LogP contribution in [0.4, 0.5) is 8.78 Å². The first-order valence-corrected chi connectivity index (χ1v) is 5.36. The Kier molecular flexibility index (Phi) is 2.04. The number of carboxylic acid groups (broad SMARTS) is 1. The number of hydrogen-bond acceptors (Lipinski definition) is 4. The number of carbonyl (C=O) groups is 1. The van der Waals surface area contributed by atoms with Gasteiger partial charge in [0.15, 0.2) is 11.6 Å². The molecule has 96 valence electrons. The summed E-state index contributed by atoms with van der Waals surface area (Å²) < 4.78 is 31.5. The molecule has 0 spiro atoms. The van der Waals surface area contributed by atoms with Crippen molar-refractivity contribution in [1.29, 1.82) is 0 Å². The van der Waals surface area contributed by atoms with E-state index in [1.165, 1.54) is 0 Å². The van der Waals surface area contributed by atoms with Crippen molar-refractivity contribution in [2.24, 2.45) is 0 Å². The van der Waals surface area contributed by atoms with E-state index in [2.05, 4.69) is 0 Å². The van der Waals surface area contributed by atoms with Gasteiger partial charge in [0, 0.05) is 0 Å². The minimum atomic E-state index is -3.21. The van der Waals surface area contributed by atoms with Crippen LogP contribution in [0.3, 0.4) is 0 Å². The lowest BCUT2D eigenvalue weighted by molar-refractivity contribution is 0.0686. The molecule has 2 aliphatic rings. The second-order valence-corrected chi connectivity index (χ2v) is 4.66.